The molecule has 0 saturated carbocycles. The van der Waals surface area contributed by atoms with E-state index < -0.39 is 0 Å². The highest BCUT2D eigenvalue weighted by Gasteiger charge is 2.07. The van der Waals surface area contributed by atoms with Crippen LogP contribution in [-0.2, 0) is 0 Å². The predicted octanol–water partition coefficient (Wildman–Crippen LogP) is 10.9. The van der Waals surface area contributed by atoms with E-state index in [9.17, 15) is 0 Å². The van der Waals surface area contributed by atoms with Gasteiger partial charge in [-0.25, -0.2) is 0 Å². The minimum atomic E-state index is 0.912. The smallest absolute Gasteiger partial charge is 0.0373 e. The van der Waals surface area contributed by atoms with Crippen molar-refractivity contribution in [1.82, 2.24) is 0 Å². The zero-order chi connectivity index (χ0) is 28.9. The van der Waals surface area contributed by atoms with Crippen LogP contribution in [0.25, 0.3) is 0 Å². The summed E-state index contributed by atoms with van der Waals surface area (Å²) < 4.78 is 0. The molecule has 1 rings (SSSR count). The molecule has 2 heteroatoms. The molecule has 0 radical (unpaired) electrons. The van der Waals surface area contributed by atoms with Crippen LogP contribution in [0.3, 0.4) is 0 Å². The monoisotopic (exact) mass is 540 g/mol. The quantitative estimate of drug-likeness (QED) is 0.0851. The summed E-state index contributed by atoms with van der Waals surface area (Å²) in [5, 5.41) is 0. The number of benzene rings is 1. The van der Waals surface area contributed by atoms with Crippen molar-refractivity contribution >= 4 is 11.4 Å². The molecule has 0 atom stereocenters. The van der Waals surface area contributed by atoms with E-state index in [1.165, 1.54) is 37.1 Å². The Hall–Kier alpha value is -3.26. The molecule has 0 heterocycles. The Bertz CT molecular complexity index is 773. The van der Waals surface area contributed by atoms with E-state index in [-0.39, 0.29) is 0 Å². The van der Waals surface area contributed by atoms with Gasteiger partial charge in [-0.1, -0.05) is 72.9 Å². The van der Waals surface area contributed by atoms with Gasteiger partial charge in [0, 0.05) is 37.6 Å². The molecule has 2 nitrogen and oxygen atoms in total. The Morgan fingerprint density at radius 2 is 0.625 bits per heavy atom. The fourth-order valence-electron chi connectivity index (χ4n) is 4.24. The van der Waals surface area contributed by atoms with Crippen LogP contribution in [0, 0.1) is 0 Å². The van der Waals surface area contributed by atoms with Crippen LogP contribution in [0.4, 0.5) is 11.4 Å². The lowest BCUT2D eigenvalue weighted by atomic mass is 10.2. The first-order chi connectivity index (χ1) is 19.8. The number of hydrogen-bond acceptors (Lipinski definition) is 2. The second-order valence-corrected chi connectivity index (χ2v) is 10.1. The lowest BCUT2D eigenvalue weighted by molar-refractivity contribution is 0.856. The van der Waals surface area contributed by atoms with E-state index in [1.54, 1.807) is 0 Å². The first-order valence-electron chi connectivity index (χ1n) is 15.4. The number of hydrogen-bond donors (Lipinski definition) is 0. The van der Waals surface area contributed by atoms with Crippen LogP contribution in [0.5, 0.6) is 0 Å². The van der Waals surface area contributed by atoms with Crippen molar-refractivity contribution in [3.63, 3.8) is 0 Å². The van der Waals surface area contributed by atoms with Crippen molar-refractivity contribution in [2.75, 3.05) is 36.0 Å². The molecule has 40 heavy (non-hydrogen) atoms. The normalized spacial score (nSPS) is 11.6. The third kappa shape index (κ3) is 18.1. The topological polar surface area (TPSA) is 6.48 Å². The predicted molar refractivity (Wildman–Crippen MR) is 184 cm³/mol. The summed E-state index contributed by atoms with van der Waals surface area (Å²) in [6.07, 6.45) is 39.9. The van der Waals surface area contributed by atoms with E-state index in [2.05, 4.69) is 109 Å². The first kappa shape index (κ1) is 34.8. The largest absolute Gasteiger partial charge is 0.364 e. The Balaban J connectivity index is 2.92. The average molecular weight is 541 g/mol. The maximum atomic E-state index is 3.83. The molecule has 0 spiro atoms. The lowest BCUT2D eigenvalue weighted by Crippen LogP contribution is -2.25. The number of anilines is 2. The van der Waals surface area contributed by atoms with Crippen molar-refractivity contribution in [2.24, 2.45) is 0 Å². The molecule has 218 valence electrons. The number of rotatable bonds is 26. The molecule has 1 aromatic rings. The van der Waals surface area contributed by atoms with Gasteiger partial charge in [0.2, 0.25) is 0 Å². The maximum Gasteiger partial charge on any atom is 0.0373 e. The molecule has 0 aliphatic carbocycles. The maximum absolute atomic E-state index is 3.83. The molecule has 0 aliphatic heterocycles. The highest BCUT2D eigenvalue weighted by molar-refractivity contribution is 5.57. The number of allylic oxidation sites excluding steroid dienone is 8. The summed E-state index contributed by atoms with van der Waals surface area (Å²) in [7, 11) is 0. The zero-order valence-corrected chi connectivity index (χ0v) is 25.3. The van der Waals surface area contributed by atoms with Gasteiger partial charge in [0.05, 0.1) is 0 Å². The van der Waals surface area contributed by atoms with Gasteiger partial charge in [0.15, 0.2) is 0 Å². The standard InChI is InChI=1S/C38H56N2/c1-5-9-13-17-21-25-33-39(34-26-22-18-14-10-6-2)37-29-31-38(32-30-37)40(35-27-23-19-15-11-7-3)36-28-24-20-16-12-8-4/h5-8,21-32H,1-4,9-20,33-36H2. The molecule has 0 saturated heterocycles. The van der Waals surface area contributed by atoms with Crippen LogP contribution in [0.1, 0.15) is 77.0 Å². The van der Waals surface area contributed by atoms with Gasteiger partial charge in [-0.05, 0) is 101 Å². The molecule has 1 aromatic carbocycles. The molecule has 0 amide bonds. The van der Waals surface area contributed by atoms with Crippen LogP contribution in [0.15, 0.2) is 123 Å². The molecule has 0 unspecified atom stereocenters. The number of unbranched alkanes of at least 4 members (excludes halogenated alkanes) is 8. The van der Waals surface area contributed by atoms with Crippen molar-refractivity contribution in [2.45, 2.75) is 77.0 Å². The third-order valence-electron chi connectivity index (χ3n) is 6.67. The van der Waals surface area contributed by atoms with E-state index in [0.717, 1.165) is 77.5 Å². The molecule has 0 aliphatic rings. The van der Waals surface area contributed by atoms with Gasteiger partial charge < -0.3 is 9.80 Å². The summed E-state index contributed by atoms with van der Waals surface area (Å²) in [6.45, 7) is 19.0. The Kier molecular flexibility index (Phi) is 22.6. The fraction of sp³-hybridized carbons (Fsp3) is 0.421. The van der Waals surface area contributed by atoms with Gasteiger partial charge >= 0.3 is 0 Å². The van der Waals surface area contributed by atoms with Crippen LogP contribution < -0.4 is 9.80 Å². The molecular weight excluding hydrogens is 484 g/mol. The van der Waals surface area contributed by atoms with Crippen molar-refractivity contribution in [3.8, 4) is 0 Å². The minimum absolute atomic E-state index is 0.912. The lowest BCUT2D eigenvalue weighted by Gasteiger charge is -2.25. The van der Waals surface area contributed by atoms with Gasteiger partial charge in [-0.3, -0.25) is 0 Å². The summed E-state index contributed by atoms with van der Waals surface area (Å²) in [4.78, 5) is 4.89. The van der Waals surface area contributed by atoms with Gasteiger partial charge in [-0.2, -0.15) is 0 Å². The highest BCUT2D eigenvalue weighted by Crippen LogP contribution is 2.22. The molecule has 0 bridgehead atoms. The zero-order valence-electron chi connectivity index (χ0n) is 25.3. The van der Waals surface area contributed by atoms with Crippen molar-refractivity contribution in [1.29, 1.82) is 0 Å². The van der Waals surface area contributed by atoms with Gasteiger partial charge in [0.1, 0.15) is 0 Å². The van der Waals surface area contributed by atoms with Crippen molar-refractivity contribution in [3.05, 3.63) is 123 Å². The second-order valence-electron chi connectivity index (χ2n) is 10.1. The van der Waals surface area contributed by atoms with E-state index in [0.29, 0.717) is 0 Å². The molecule has 0 fully saturated rings. The van der Waals surface area contributed by atoms with Crippen LogP contribution >= 0.6 is 0 Å². The van der Waals surface area contributed by atoms with Crippen LogP contribution in [0.2, 0.25) is 0 Å². The summed E-state index contributed by atoms with van der Waals surface area (Å²) in [5.74, 6) is 0. The Morgan fingerprint density at radius 1 is 0.375 bits per heavy atom. The van der Waals surface area contributed by atoms with E-state index in [4.69, 9.17) is 0 Å². The SMILES string of the molecule is C=CCCCC=CCN(CC=CCCCC=C)c1ccc(N(CC=CCCCC=C)CC=CCCCC=C)cc1. The second kappa shape index (κ2) is 26.0. The average Bonchev–Trinajstić information content (AvgIpc) is 2.98. The van der Waals surface area contributed by atoms with Gasteiger partial charge in [-0.15, -0.1) is 26.3 Å². The van der Waals surface area contributed by atoms with E-state index in [1.807, 2.05) is 24.3 Å². The minimum Gasteiger partial charge on any atom is -0.364 e. The highest BCUT2D eigenvalue weighted by atomic mass is 15.1. The summed E-state index contributed by atoms with van der Waals surface area (Å²) in [6, 6.07) is 9.12. The van der Waals surface area contributed by atoms with Crippen LogP contribution in [-0.4, -0.2) is 26.2 Å². The molecule has 0 N–H and O–H groups in total. The third-order valence-corrected chi connectivity index (χ3v) is 6.67. The number of nitrogens with zero attached hydrogens (tertiary/aromatic N) is 2. The molecule has 0 aromatic heterocycles. The summed E-state index contributed by atoms with van der Waals surface area (Å²) in [5.41, 5.74) is 2.52. The van der Waals surface area contributed by atoms with Crippen molar-refractivity contribution < 1.29 is 0 Å². The Labute approximate surface area is 247 Å². The van der Waals surface area contributed by atoms with Gasteiger partial charge in [0.25, 0.3) is 0 Å². The Morgan fingerprint density at radius 3 is 0.850 bits per heavy atom. The first-order valence-corrected chi connectivity index (χ1v) is 15.4. The summed E-state index contributed by atoms with van der Waals surface area (Å²) >= 11 is 0. The fourth-order valence-corrected chi connectivity index (χ4v) is 4.24. The van der Waals surface area contributed by atoms with E-state index >= 15 is 0 Å². The molecular formula is C38H56N2.